The molecule has 5 atom stereocenters. The number of aromatic amines is 1. The molecular formula is C33H49N5O6. The second-order valence-corrected chi connectivity index (χ2v) is 11.9. The van der Waals surface area contributed by atoms with E-state index in [-0.39, 0.29) is 36.9 Å². The van der Waals surface area contributed by atoms with E-state index in [9.17, 15) is 29.1 Å². The molecule has 11 nitrogen and oxygen atoms in total. The summed E-state index contributed by atoms with van der Waals surface area (Å²) >= 11 is 0. The first-order chi connectivity index (χ1) is 21.1. The molecule has 44 heavy (non-hydrogen) atoms. The Morgan fingerprint density at radius 3 is 2.39 bits per heavy atom. The van der Waals surface area contributed by atoms with Gasteiger partial charge < -0.3 is 31.4 Å². The Labute approximate surface area is 259 Å². The van der Waals surface area contributed by atoms with Crippen molar-refractivity contribution < 1.29 is 29.1 Å². The lowest BCUT2D eigenvalue weighted by atomic mass is 9.96. The highest BCUT2D eigenvalue weighted by Crippen LogP contribution is 2.20. The van der Waals surface area contributed by atoms with Crippen molar-refractivity contribution in [1.82, 2.24) is 26.3 Å². The summed E-state index contributed by atoms with van der Waals surface area (Å²) in [7, 11) is 0. The highest BCUT2D eigenvalue weighted by molar-refractivity contribution is 5.95. The number of para-hydroxylation sites is 1. The number of hydrogen-bond acceptors (Lipinski definition) is 6. The first-order valence-corrected chi connectivity index (χ1v) is 16.1. The zero-order chi connectivity index (χ0) is 32.1. The number of carbonyl (C=O) groups excluding carboxylic acids is 5. The second-order valence-electron chi connectivity index (χ2n) is 11.9. The number of aromatic nitrogens is 1. The van der Waals surface area contributed by atoms with Crippen molar-refractivity contribution in [3.8, 4) is 0 Å². The molecular weight excluding hydrogens is 562 g/mol. The van der Waals surface area contributed by atoms with Gasteiger partial charge in [0.1, 0.15) is 30.0 Å². The maximum atomic E-state index is 13.8. The molecule has 6 N–H and O–H groups in total. The van der Waals surface area contributed by atoms with E-state index in [1.54, 1.807) is 6.20 Å². The first kappa shape index (κ1) is 34.8. The molecule has 2 heterocycles. The number of rotatable bonds is 11. The van der Waals surface area contributed by atoms with Crippen LogP contribution in [0.15, 0.2) is 30.5 Å². The molecule has 3 rings (SSSR count). The summed E-state index contributed by atoms with van der Waals surface area (Å²) < 4.78 is 0. The van der Waals surface area contributed by atoms with E-state index in [1.807, 2.05) is 45.0 Å². The van der Waals surface area contributed by atoms with Gasteiger partial charge in [0, 0.05) is 42.9 Å². The van der Waals surface area contributed by atoms with E-state index in [2.05, 4.69) is 26.3 Å². The van der Waals surface area contributed by atoms with Crippen molar-refractivity contribution in [2.45, 2.75) is 116 Å². The molecule has 0 bridgehead atoms. The van der Waals surface area contributed by atoms with Crippen molar-refractivity contribution in [1.29, 1.82) is 0 Å². The Morgan fingerprint density at radius 1 is 0.909 bits per heavy atom. The first-order valence-electron chi connectivity index (χ1n) is 16.1. The third-order valence-electron chi connectivity index (χ3n) is 8.51. The summed E-state index contributed by atoms with van der Waals surface area (Å²) in [6.45, 7) is 6.01. The predicted molar refractivity (Wildman–Crippen MR) is 169 cm³/mol. The summed E-state index contributed by atoms with van der Waals surface area (Å²) in [6.07, 6.45) is 5.69. The average molecular weight is 612 g/mol. The Morgan fingerprint density at radius 2 is 1.64 bits per heavy atom. The molecule has 1 aliphatic heterocycles. The maximum Gasteiger partial charge on any atom is 0.249 e. The predicted octanol–water partition coefficient (Wildman–Crippen LogP) is 2.80. The smallest absolute Gasteiger partial charge is 0.249 e. The summed E-state index contributed by atoms with van der Waals surface area (Å²) in [5.74, 6) is -1.99. The lowest BCUT2D eigenvalue weighted by Crippen LogP contribution is -2.59. The number of ketones is 1. The summed E-state index contributed by atoms with van der Waals surface area (Å²) in [4.78, 5) is 68.5. The minimum atomic E-state index is -1.31. The van der Waals surface area contributed by atoms with Crippen LogP contribution in [0.5, 0.6) is 0 Å². The lowest BCUT2D eigenvalue weighted by Gasteiger charge is -2.28. The van der Waals surface area contributed by atoms with Gasteiger partial charge in [0.25, 0.3) is 0 Å². The number of aliphatic hydroxyl groups is 1. The highest BCUT2D eigenvalue weighted by Gasteiger charge is 2.33. The number of carbonyl (C=O) groups is 5. The van der Waals surface area contributed by atoms with Crippen LogP contribution < -0.4 is 21.3 Å². The standard InChI is InChI=1S/C33H49N5O6/c1-4-21(3)29-33(44)34-18-12-11-17-28(40)32(43)36-26(16-8-6-7-13-23(39)5-2)30(41)37-27(31(42)38-29)19-22-20-35-25-15-10-9-14-24(22)25/h9-10,14-15,20-21,26-29,35,40H,4-8,11-13,16-19H2,1-3H3,(H,34,44)(H,36,43)(H,37,41)(H,38,42)/t21-,26-,27-,28?,29-/m0/s1. The molecule has 242 valence electrons. The van der Waals surface area contributed by atoms with Gasteiger partial charge in [-0.05, 0) is 49.7 Å². The van der Waals surface area contributed by atoms with Gasteiger partial charge in [-0.3, -0.25) is 24.0 Å². The number of hydrogen-bond donors (Lipinski definition) is 6. The Bertz CT molecular complexity index is 1280. The molecule has 0 spiro atoms. The largest absolute Gasteiger partial charge is 0.383 e. The molecule has 0 aliphatic carbocycles. The van der Waals surface area contributed by atoms with Gasteiger partial charge in [-0.15, -0.1) is 0 Å². The fraction of sp³-hybridized carbons (Fsp3) is 0.606. The van der Waals surface area contributed by atoms with E-state index < -0.39 is 42.0 Å². The van der Waals surface area contributed by atoms with Gasteiger partial charge in [-0.25, -0.2) is 0 Å². The van der Waals surface area contributed by atoms with Crippen LogP contribution in [0.3, 0.4) is 0 Å². The molecule has 4 amide bonds. The topological polar surface area (TPSA) is 169 Å². The molecule has 11 heteroatoms. The highest BCUT2D eigenvalue weighted by atomic mass is 16.3. The molecule has 1 aromatic heterocycles. The van der Waals surface area contributed by atoms with Crippen LogP contribution in [0.25, 0.3) is 10.9 Å². The van der Waals surface area contributed by atoms with Crippen LogP contribution in [0, 0.1) is 5.92 Å². The fourth-order valence-corrected chi connectivity index (χ4v) is 5.43. The Hall–Kier alpha value is -3.73. The van der Waals surface area contributed by atoms with Gasteiger partial charge in [0.15, 0.2) is 0 Å². The zero-order valence-electron chi connectivity index (χ0n) is 26.2. The van der Waals surface area contributed by atoms with Crippen molar-refractivity contribution in [3.63, 3.8) is 0 Å². The molecule has 0 radical (unpaired) electrons. The Kier molecular flexibility index (Phi) is 13.9. The number of fused-ring (bicyclic) bond motifs is 1. The zero-order valence-corrected chi connectivity index (χ0v) is 26.2. The molecule has 2 aromatic rings. The lowest BCUT2D eigenvalue weighted by molar-refractivity contribution is -0.136. The number of H-pyrrole nitrogens is 1. The summed E-state index contributed by atoms with van der Waals surface area (Å²) in [5.41, 5.74) is 1.71. The van der Waals surface area contributed by atoms with Crippen LogP contribution in [0.2, 0.25) is 0 Å². The second kappa shape index (κ2) is 17.5. The SMILES string of the molecule is CCC(=O)CCCCC[C@@H]1NC(=O)C(O)CCCCNC(=O)[C@H]([C@@H](C)CC)NC(=O)[C@H](Cc2c[nH]c3ccccc23)NC1=O. The number of nitrogens with one attached hydrogen (secondary N) is 5. The Balaban J connectivity index is 1.89. The van der Waals surface area contributed by atoms with Gasteiger partial charge in [0.05, 0.1) is 0 Å². The maximum absolute atomic E-state index is 13.8. The van der Waals surface area contributed by atoms with Gasteiger partial charge in [0.2, 0.25) is 23.6 Å². The number of Topliss-reactive ketones (excluding diaryl/α,β-unsaturated/α-hetero) is 1. The van der Waals surface area contributed by atoms with E-state index in [0.717, 1.165) is 16.5 Å². The molecule has 1 fully saturated rings. The minimum Gasteiger partial charge on any atom is -0.383 e. The van der Waals surface area contributed by atoms with Crippen LogP contribution in [-0.2, 0) is 30.4 Å². The molecule has 1 saturated heterocycles. The number of amides is 4. The summed E-state index contributed by atoms with van der Waals surface area (Å²) in [6, 6.07) is 4.82. The molecule has 1 aromatic carbocycles. The van der Waals surface area contributed by atoms with Gasteiger partial charge in [-0.1, -0.05) is 58.2 Å². The van der Waals surface area contributed by atoms with E-state index in [4.69, 9.17) is 0 Å². The van der Waals surface area contributed by atoms with Crippen molar-refractivity contribution in [2.75, 3.05) is 6.54 Å². The van der Waals surface area contributed by atoms with Crippen LogP contribution in [0.1, 0.15) is 90.5 Å². The molecule has 1 unspecified atom stereocenters. The third kappa shape index (κ3) is 10.2. The van der Waals surface area contributed by atoms with Gasteiger partial charge >= 0.3 is 0 Å². The molecule has 0 saturated carbocycles. The fourth-order valence-electron chi connectivity index (χ4n) is 5.43. The van der Waals surface area contributed by atoms with E-state index >= 15 is 0 Å². The van der Waals surface area contributed by atoms with E-state index in [0.29, 0.717) is 57.9 Å². The normalized spacial score (nSPS) is 23.4. The monoisotopic (exact) mass is 611 g/mol. The van der Waals surface area contributed by atoms with Crippen LogP contribution in [-0.4, -0.2) is 70.3 Å². The van der Waals surface area contributed by atoms with Crippen LogP contribution >= 0.6 is 0 Å². The van der Waals surface area contributed by atoms with Crippen LogP contribution in [0.4, 0.5) is 0 Å². The van der Waals surface area contributed by atoms with Crippen molar-refractivity contribution >= 4 is 40.3 Å². The minimum absolute atomic E-state index is 0.152. The number of unbranched alkanes of at least 4 members (excludes halogenated alkanes) is 2. The quantitative estimate of drug-likeness (QED) is 0.214. The summed E-state index contributed by atoms with van der Waals surface area (Å²) in [5, 5.41) is 22.8. The molecule has 1 aliphatic rings. The van der Waals surface area contributed by atoms with Crippen molar-refractivity contribution in [2.24, 2.45) is 5.92 Å². The van der Waals surface area contributed by atoms with E-state index in [1.165, 1.54) is 0 Å². The average Bonchev–Trinajstić information content (AvgIpc) is 3.43. The number of aliphatic hydroxyl groups excluding tert-OH is 1. The number of benzene rings is 1. The van der Waals surface area contributed by atoms with Crippen molar-refractivity contribution in [3.05, 3.63) is 36.0 Å². The third-order valence-corrected chi connectivity index (χ3v) is 8.51. The van der Waals surface area contributed by atoms with Gasteiger partial charge in [-0.2, -0.15) is 0 Å².